The molecule has 8 heteroatoms. The lowest BCUT2D eigenvalue weighted by Gasteiger charge is -2.35. The van der Waals surface area contributed by atoms with Gasteiger partial charge in [-0.3, -0.25) is 9.63 Å². The van der Waals surface area contributed by atoms with Gasteiger partial charge in [0, 0.05) is 17.8 Å². The van der Waals surface area contributed by atoms with Crippen LogP contribution < -0.4 is 0 Å². The van der Waals surface area contributed by atoms with Crippen LogP contribution in [0.1, 0.15) is 33.1 Å². The van der Waals surface area contributed by atoms with E-state index in [2.05, 4.69) is 0 Å². The minimum atomic E-state index is -3.73. The maximum Gasteiger partial charge on any atom is 0.267 e. The molecule has 2 saturated carbocycles. The maximum atomic E-state index is 12.9. The number of ketones is 1. The van der Waals surface area contributed by atoms with Crippen molar-refractivity contribution in [3.8, 4) is 0 Å². The van der Waals surface area contributed by atoms with Crippen molar-refractivity contribution < 1.29 is 18.0 Å². The van der Waals surface area contributed by atoms with E-state index in [0.29, 0.717) is 6.42 Å². The Labute approximate surface area is 157 Å². The molecular weight excluding hydrogens is 385 g/mol. The molecule has 2 aliphatic carbocycles. The summed E-state index contributed by atoms with van der Waals surface area (Å²) >= 11 is 12.7. The van der Waals surface area contributed by atoms with E-state index in [0.717, 1.165) is 10.9 Å². The number of Topliss-reactive ketones (excluding diaryl/α,β-unsaturated/α-hetero) is 1. The van der Waals surface area contributed by atoms with E-state index in [4.69, 9.17) is 28.0 Å². The van der Waals surface area contributed by atoms with Gasteiger partial charge in [0.15, 0.2) is 16.3 Å². The molecule has 136 valence electrons. The van der Waals surface area contributed by atoms with Crippen LogP contribution in [-0.2, 0) is 19.7 Å². The van der Waals surface area contributed by atoms with E-state index >= 15 is 0 Å². The summed E-state index contributed by atoms with van der Waals surface area (Å²) in [5, 5.41) is 0. The summed E-state index contributed by atoms with van der Waals surface area (Å²) < 4.78 is 24.8. The lowest BCUT2D eigenvalue weighted by atomic mass is 9.67. The summed E-state index contributed by atoms with van der Waals surface area (Å²) in [5.41, 5.74) is -1.16. The molecule has 0 N–H and O–H groups in total. The van der Waals surface area contributed by atoms with Gasteiger partial charge in [-0.05, 0) is 34.9 Å². The summed E-state index contributed by atoms with van der Waals surface area (Å²) in [4.78, 5) is 18.5. The van der Waals surface area contributed by atoms with Gasteiger partial charge in [-0.15, -0.1) is 0 Å². The lowest BCUT2D eigenvalue weighted by molar-refractivity contribution is -0.130. The van der Waals surface area contributed by atoms with Crippen LogP contribution in [0.15, 0.2) is 35.2 Å². The first kappa shape index (κ1) is 17.7. The predicted molar refractivity (Wildman–Crippen MR) is 93.3 cm³/mol. The number of fused-ring (bicyclic) bond motifs is 2. The second-order valence-corrected chi connectivity index (χ2v) is 10.9. The van der Waals surface area contributed by atoms with Crippen LogP contribution in [0.5, 0.6) is 0 Å². The standard InChI is InChI=1S/C17H19Cl2NO4S/c1-15(2)12-8-9-16(15,14(21)17(12,18)19)10-13-20(24-13)25(22,23)11-6-4-3-5-7-11/h3-7,12-13H,8-10H2,1-2H3. The molecular formula is C17H19Cl2NO4S. The molecule has 4 atom stereocenters. The smallest absolute Gasteiger partial charge is 0.267 e. The second kappa shape index (κ2) is 5.20. The van der Waals surface area contributed by atoms with Gasteiger partial charge in [0.05, 0.1) is 4.90 Å². The molecule has 0 spiro atoms. The molecule has 1 aliphatic heterocycles. The maximum absolute atomic E-state index is 12.9. The van der Waals surface area contributed by atoms with Gasteiger partial charge >= 0.3 is 0 Å². The predicted octanol–water partition coefficient (Wildman–Crippen LogP) is 3.52. The summed E-state index contributed by atoms with van der Waals surface area (Å²) in [6.07, 6.45) is 1.03. The van der Waals surface area contributed by atoms with Crippen molar-refractivity contribution in [3.63, 3.8) is 0 Å². The van der Waals surface area contributed by atoms with E-state index in [1.165, 1.54) is 12.1 Å². The third kappa shape index (κ3) is 2.21. The van der Waals surface area contributed by atoms with Gasteiger partial charge in [0.2, 0.25) is 0 Å². The Morgan fingerprint density at radius 1 is 1.24 bits per heavy atom. The molecule has 0 aromatic heterocycles. The average molecular weight is 404 g/mol. The van der Waals surface area contributed by atoms with Crippen LogP contribution in [0.4, 0.5) is 0 Å². The fraction of sp³-hybridized carbons (Fsp3) is 0.588. The molecule has 4 rings (SSSR count). The Bertz CT molecular complexity index is 839. The second-order valence-electron chi connectivity index (χ2n) is 7.68. The summed E-state index contributed by atoms with van der Waals surface area (Å²) in [6.45, 7) is 3.99. The minimum absolute atomic E-state index is 0.131. The van der Waals surface area contributed by atoms with Crippen molar-refractivity contribution in [3.05, 3.63) is 30.3 Å². The van der Waals surface area contributed by atoms with E-state index in [1.807, 2.05) is 13.8 Å². The fourth-order valence-electron chi connectivity index (χ4n) is 4.79. The van der Waals surface area contributed by atoms with Gasteiger partial charge in [-0.1, -0.05) is 55.2 Å². The van der Waals surface area contributed by atoms with Crippen molar-refractivity contribution >= 4 is 39.0 Å². The molecule has 1 heterocycles. The van der Waals surface area contributed by atoms with Crippen molar-refractivity contribution in [2.45, 2.75) is 48.6 Å². The molecule has 1 aromatic rings. The Morgan fingerprint density at radius 3 is 2.44 bits per heavy atom. The zero-order valence-electron chi connectivity index (χ0n) is 13.9. The van der Waals surface area contributed by atoms with Crippen LogP contribution in [0.25, 0.3) is 0 Å². The topological polar surface area (TPSA) is 66.8 Å². The summed E-state index contributed by atoms with van der Waals surface area (Å²) in [5.74, 6) is -0.328. The SMILES string of the molecule is CC1(C)C2CCC1(CC1ON1S(=O)(=O)c1ccccc1)C(=O)C2(Cl)Cl. The monoisotopic (exact) mass is 403 g/mol. The highest BCUT2D eigenvalue weighted by molar-refractivity contribution is 7.89. The third-order valence-electron chi connectivity index (χ3n) is 6.36. The number of benzene rings is 1. The molecule has 3 fully saturated rings. The van der Waals surface area contributed by atoms with E-state index < -0.39 is 31.4 Å². The van der Waals surface area contributed by atoms with Gasteiger partial charge in [0.1, 0.15) is 0 Å². The number of carbonyl (C=O) groups is 1. The molecule has 4 unspecified atom stereocenters. The van der Waals surface area contributed by atoms with E-state index in [1.54, 1.807) is 18.2 Å². The van der Waals surface area contributed by atoms with Crippen LogP contribution in [0.2, 0.25) is 0 Å². The number of sulfonamides is 1. The first-order valence-electron chi connectivity index (χ1n) is 8.24. The molecule has 25 heavy (non-hydrogen) atoms. The third-order valence-corrected chi connectivity index (χ3v) is 8.89. The average Bonchev–Trinajstić information content (AvgIpc) is 3.24. The van der Waals surface area contributed by atoms with Crippen LogP contribution in [0.3, 0.4) is 0 Å². The normalized spacial score (nSPS) is 38.1. The highest BCUT2D eigenvalue weighted by Gasteiger charge is 2.75. The number of hydroxylamine groups is 1. The largest absolute Gasteiger partial charge is 0.296 e. The van der Waals surface area contributed by atoms with Crippen molar-refractivity contribution in [1.29, 1.82) is 0 Å². The van der Waals surface area contributed by atoms with Gasteiger partial charge in [0.25, 0.3) is 10.0 Å². The molecule has 1 aromatic carbocycles. The Morgan fingerprint density at radius 2 is 1.88 bits per heavy atom. The molecule has 5 nitrogen and oxygen atoms in total. The Balaban J connectivity index is 1.60. The van der Waals surface area contributed by atoms with Crippen LogP contribution in [-0.4, -0.2) is 29.2 Å². The number of rotatable bonds is 4. The van der Waals surface area contributed by atoms with Gasteiger partial charge in [-0.2, -0.15) is 0 Å². The quantitative estimate of drug-likeness (QED) is 0.569. The summed E-state index contributed by atoms with van der Waals surface area (Å²) in [7, 11) is -3.73. The number of alkyl halides is 2. The number of hydrogen-bond acceptors (Lipinski definition) is 4. The lowest BCUT2D eigenvalue weighted by Crippen LogP contribution is -2.41. The number of hydrogen-bond donors (Lipinski definition) is 0. The Hall–Kier alpha value is -0.660. The molecule has 0 radical (unpaired) electrons. The van der Waals surface area contributed by atoms with Crippen LogP contribution >= 0.6 is 23.2 Å². The highest BCUT2D eigenvalue weighted by atomic mass is 35.5. The zero-order valence-corrected chi connectivity index (χ0v) is 16.2. The number of halogens is 2. The van der Waals surface area contributed by atoms with Crippen molar-refractivity contribution in [1.82, 2.24) is 4.47 Å². The van der Waals surface area contributed by atoms with Gasteiger partial charge < -0.3 is 0 Å². The molecule has 2 bridgehead atoms. The molecule has 0 amide bonds. The minimum Gasteiger partial charge on any atom is -0.296 e. The zero-order chi connectivity index (χ0) is 18.3. The van der Waals surface area contributed by atoms with E-state index in [-0.39, 0.29) is 23.0 Å². The van der Waals surface area contributed by atoms with E-state index in [9.17, 15) is 13.2 Å². The van der Waals surface area contributed by atoms with Crippen LogP contribution in [0, 0.1) is 16.7 Å². The first-order chi connectivity index (χ1) is 11.5. The number of carbonyl (C=O) groups excluding carboxylic acids is 1. The van der Waals surface area contributed by atoms with Gasteiger partial charge in [-0.25, -0.2) is 8.42 Å². The molecule has 1 saturated heterocycles. The van der Waals surface area contributed by atoms with Crippen molar-refractivity contribution in [2.75, 3.05) is 0 Å². The first-order valence-corrected chi connectivity index (χ1v) is 10.4. The Kier molecular flexibility index (Phi) is 3.69. The van der Waals surface area contributed by atoms with Crippen molar-refractivity contribution in [2.24, 2.45) is 16.7 Å². The highest BCUT2D eigenvalue weighted by Crippen LogP contribution is 2.72. The fourth-order valence-corrected chi connectivity index (χ4v) is 7.22. The molecule has 3 aliphatic rings. The summed E-state index contributed by atoms with van der Waals surface area (Å²) in [6, 6.07) is 8.10. The number of nitrogens with zero attached hydrogens (tertiary/aromatic N) is 1.